The van der Waals surface area contributed by atoms with Crippen LogP contribution in [0.5, 0.6) is 11.5 Å². The molecule has 1 aromatic rings. The van der Waals surface area contributed by atoms with Crippen molar-refractivity contribution in [3.63, 3.8) is 0 Å². The van der Waals surface area contributed by atoms with E-state index >= 15 is 0 Å². The van der Waals surface area contributed by atoms with Crippen molar-refractivity contribution in [1.82, 2.24) is 4.90 Å². The predicted octanol–water partition coefficient (Wildman–Crippen LogP) is 1.83. The number of Topliss-reactive ketones (excluding diaryl/α,β-unsaturated/α-hetero) is 1. The van der Waals surface area contributed by atoms with Crippen LogP contribution in [0.1, 0.15) is 43.7 Å². The molecule has 1 unspecified atom stereocenters. The maximum Gasteiger partial charge on any atom is 0.174 e. The van der Waals surface area contributed by atoms with Crippen LogP contribution in [0.4, 0.5) is 0 Å². The van der Waals surface area contributed by atoms with Crippen LogP contribution in [-0.4, -0.2) is 53.7 Å². The van der Waals surface area contributed by atoms with Crippen molar-refractivity contribution in [3.8, 4) is 11.5 Å². The van der Waals surface area contributed by atoms with Crippen LogP contribution in [-0.2, 0) is 16.6 Å². The number of carbonyl (C=O) groups excluding carboxylic acids is 1. The van der Waals surface area contributed by atoms with Gasteiger partial charge in [-0.05, 0) is 50.4 Å². The number of nitrogens with zero attached hydrogens (tertiary/aromatic N) is 1. The van der Waals surface area contributed by atoms with Crippen LogP contribution in [0.15, 0.2) is 12.1 Å². The van der Waals surface area contributed by atoms with E-state index < -0.39 is 17.1 Å². The first-order valence-electron chi connectivity index (χ1n) is 9.43. The average Bonchev–Trinajstić information content (AvgIpc) is 2.96. The number of benzene rings is 1. The lowest BCUT2D eigenvalue weighted by Crippen LogP contribution is -2.76. The highest BCUT2D eigenvalue weighted by molar-refractivity contribution is 5.90. The van der Waals surface area contributed by atoms with Crippen molar-refractivity contribution in [2.24, 2.45) is 0 Å². The summed E-state index contributed by atoms with van der Waals surface area (Å²) in [5.74, 6) is 1.49. The Morgan fingerprint density at radius 3 is 3.00 bits per heavy atom. The van der Waals surface area contributed by atoms with E-state index in [0.29, 0.717) is 24.3 Å². The van der Waals surface area contributed by atoms with Gasteiger partial charge in [-0.3, -0.25) is 9.69 Å². The molecule has 5 rings (SSSR count). The Labute approximate surface area is 147 Å². The van der Waals surface area contributed by atoms with E-state index in [1.54, 1.807) is 7.11 Å². The molecule has 2 heterocycles. The van der Waals surface area contributed by atoms with Crippen molar-refractivity contribution in [2.75, 3.05) is 20.2 Å². The maximum absolute atomic E-state index is 12.8. The number of ether oxygens (including phenoxy) is 2. The number of carbonyl (C=O) groups is 1. The van der Waals surface area contributed by atoms with Gasteiger partial charge in [-0.15, -0.1) is 0 Å². The first kappa shape index (κ1) is 15.6. The minimum absolute atomic E-state index is 0.0623. The molecule has 4 atom stereocenters. The van der Waals surface area contributed by atoms with E-state index in [1.807, 2.05) is 6.07 Å². The molecule has 1 saturated heterocycles. The molecule has 25 heavy (non-hydrogen) atoms. The summed E-state index contributed by atoms with van der Waals surface area (Å²) in [6.07, 6.45) is 3.01. The van der Waals surface area contributed by atoms with E-state index in [-0.39, 0.29) is 11.8 Å². The number of hydrogen-bond acceptors (Lipinski definition) is 5. The highest BCUT2D eigenvalue weighted by atomic mass is 16.5. The maximum atomic E-state index is 12.8. The van der Waals surface area contributed by atoms with Gasteiger partial charge in [-0.1, -0.05) is 13.0 Å². The van der Waals surface area contributed by atoms with Gasteiger partial charge in [-0.25, -0.2) is 0 Å². The smallest absolute Gasteiger partial charge is 0.174 e. The zero-order valence-corrected chi connectivity index (χ0v) is 14.9. The molecule has 1 saturated carbocycles. The van der Waals surface area contributed by atoms with Crippen LogP contribution in [0, 0.1) is 0 Å². The Balaban J connectivity index is 1.77. The lowest BCUT2D eigenvalue weighted by molar-refractivity contribution is -0.188. The lowest BCUT2D eigenvalue weighted by Gasteiger charge is -2.62. The summed E-state index contributed by atoms with van der Waals surface area (Å²) in [6, 6.07) is 4.11. The molecule has 5 nitrogen and oxygen atoms in total. The summed E-state index contributed by atoms with van der Waals surface area (Å²) in [5, 5.41) is 12.0. The van der Waals surface area contributed by atoms with Gasteiger partial charge < -0.3 is 14.6 Å². The van der Waals surface area contributed by atoms with Crippen LogP contribution in [0.25, 0.3) is 0 Å². The molecule has 1 aromatic carbocycles. The summed E-state index contributed by atoms with van der Waals surface area (Å²) >= 11 is 0. The van der Waals surface area contributed by atoms with Gasteiger partial charge in [0.25, 0.3) is 0 Å². The Bertz CT molecular complexity index is 762. The Kier molecular flexibility index (Phi) is 3.12. The summed E-state index contributed by atoms with van der Waals surface area (Å²) in [7, 11) is 1.63. The second-order valence-electron chi connectivity index (χ2n) is 8.00. The third kappa shape index (κ3) is 1.64. The molecule has 2 bridgehead atoms. The summed E-state index contributed by atoms with van der Waals surface area (Å²) in [4.78, 5) is 15.2. The number of methoxy groups -OCH3 is 1. The SMILES string of the molecule is CCCN1CC[C@]23c4c5ccc(OC)c4OC2C(=O)CC[C@@]3(O)[C@H]1C5. The number of ketones is 1. The van der Waals surface area contributed by atoms with Crippen LogP contribution in [0.3, 0.4) is 0 Å². The second kappa shape index (κ2) is 4.98. The summed E-state index contributed by atoms with van der Waals surface area (Å²) in [5.41, 5.74) is 0.765. The molecule has 2 aliphatic heterocycles. The Hall–Kier alpha value is -1.59. The molecule has 0 radical (unpaired) electrons. The van der Waals surface area contributed by atoms with Crippen molar-refractivity contribution in [3.05, 3.63) is 23.3 Å². The monoisotopic (exact) mass is 343 g/mol. The predicted molar refractivity (Wildman–Crippen MR) is 92.3 cm³/mol. The molecule has 5 heteroatoms. The van der Waals surface area contributed by atoms with Gasteiger partial charge in [0.1, 0.15) is 0 Å². The normalized spacial score (nSPS) is 38.3. The number of hydrogen-bond donors (Lipinski definition) is 1. The number of likely N-dealkylation sites (tertiary alicyclic amines) is 1. The first-order chi connectivity index (χ1) is 12.1. The van der Waals surface area contributed by atoms with Crippen LogP contribution >= 0.6 is 0 Å². The Morgan fingerprint density at radius 2 is 2.24 bits per heavy atom. The molecule has 134 valence electrons. The van der Waals surface area contributed by atoms with Crippen LogP contribution < -0.4 is 9.47 Å². The third-order valence-corrected chi connectivity index (χ3v) is 7.08. The molecule has 0 amide bonds. The second-order valence-corrected chi connectivity index (χ2v) is 8.00. The van der Waals surface area contributed by atoms with Gasteiger partial charge in [0.2, 0.25) is 0 Å². The van der Waals surface area contributed by atoms with Gasteiger partial charge in [-0.2, -0.15) is 0 Å². The molecular weight excluding hydrogens is 318 g/mol. The quantitative estimate of drug-likeness (QED) is 0.907. The van der Waals surface area contributed by atoms with Gasteiger partial charge in [0.15, 0.2) is 23.4 Å². The first-order valence-corrected chi connectivity index (χ1v) is 9.43. The number of rotatable bonds is 3. The van der Waals surface area contributed by atoms with E-state index in [0.717, 1.165) is 37.9 Å². The molecule has 4 aliphatic rings. The Morgan fingerprint density at radius 1 is 1.40 bits per heavy atom. The molecule has 2 aliphatic carbocycles. The minimum atomic E-state index is -0.899. The number of aliphatic hydroxyl groups is 1. The fourth-order valence-corrected chi connectivity index (χ4v) is 6.12. The van der Waals surface area contributed by atoms with Crippen molar-refractivity contribution in [2.45, 2.75) is 62.2 Å². The highest BCUT2D eigenvalue weighted by Crippen LogP contribution is 2.64. The fourth-order valence-electron chi connectivity index (χ4n) is 6.12. The standard InChI is InChI=1S/C20H25NO4/c1-3-9-21-10-8-19-16-12-4-5-14(24-2)17(16)25-18(19)13(22)6-7-20(19,23)15(21)11-12/h4-5,15,18,23H,3,6-11H2,1-2H3/t15-,18?,19+,20-/m1/s1. The largest absolute Gasteiger partial charge is 0.493 e. The average molecular weight is 343 g/mol. The molecule has 1 N–H and O–H groups in total. The van der Waals surface area contributed by atoms with Gasteiger partial charge >= 0.3 is 0 Å². The summed E-state index contributed by atoms with van der Waals surface area (Å²) in [6.45, 7) is 4.07. The molecule has 0 aromatic heterocycles. The highest BCUT2D eigenvalue weighted by Gasteiger charge is 2.73. The lowest BCUT2D eigenvalue weighted by atomic mass is 9.49. The molecule has 2 fully saturated rings. The van der Waals surface area contributed by atoms with Gasteiger partial charge in [0.05, 0.1) is 18.1 Å². The van der Waals surface area contributed by atoms with E-state index in [1.165, 1.54) is 5.56 Å². The van der Waals surface area contributed by atoms with Crippen LogP contribution in [0.2, 0.25) is 0 Å². The minimum Gasteiger partial charge on any atom is -0.493 e. The van der Waals surface area contributed by atoms with Crippen molar-refractivity contribution < 1.29 is 19.4 Å². The molecular formula is C20H25NO4. The zero-order chi connectivity index (χ0) is 17.4. The topological polar surface area (TPSA) is 59.0 Å². The fraction of sp³-hybridized carbons (Fsp3) is 0.650. The zero-order valence-electron chi connectivity index (χ0n) is 14.9. The van der Waals surface area contributed by atoms with E-state index in [2.05, 4.69) is 17.9 Å². The van der Waals surface area contributed by atoms with Gasteiger partial charge in [0, 0.05) is 18.0 Å². The summed E-state index contributed by atoms with van der Waals surface area (Å²) < 4.78 is 11.7. The third-order valence-electron chi connectivity index (χ3n) is 7.08. The molecule has 1 spiro atoms. The van der Waals surface area contributed by atoms with E-state index in [4.69, 9.17) is 9.47 Å². The van der Waals surface area contributed by atoms with Crippen molar-refractivity contribution in [1.29, 1.82) is 0 Å². The van der Waals surface area contributed by atoms with Crippen molar-refractivity contribution >= 4 is 5.78 Å². The number of piperidine rings is 1. The van der Waals surface area contributed by atoms with E-state index in [9.17, 15) is 9.90 Å².